The summed E-state index contributed by atoms with van der Waals surface area (Å²) in [6.45, 7) is 1.88. The molecule has 0 radical (unpaired) electrons. The fourth-order valence-electron chi connectivity index (χ4n) is 2.44. The molecule has 7 nitrogen and oxygen atoms in total. The molecule has 0 saturated heterocycles. The van der Waals surface area contributed by atoms with Crippen molar-refractivity contribution in [2.75, 3.05) is 7.11 Å². The Balaban J connectivity index is 1.60. The number of ether oxygens (including phenoxy) is 2. The zero-order valence-corrected chi connectivity index (χ0v) is 15.5. The monoisotopic (exact) mass is 380 g/mol. The number of carbonyl (C=O) groups is 1. The topological polar surface area (TPSA) is 93.3 Å². The van der Waals surface area contributed by atoms with Crippen LogP contribution in [0.25, 0.3) is 0 Å². The number of nitrogens with zero attached hydrogens (tertiary/aromatic N) is 1. The molecule has 0 aliphatic heterocycles. The third-order valence-electron chi connectivity index (χ3n) is 3.93. The smallest absolute Gasteiger partial charge is 0.307 e. The van der Waals surface area contributed by atoms with E-state index in [1.807, 2.05) is 30.3 Å². The van der Waals surface area contributed by atoms with Crippen molar-refractivity contribution in [2.24, 2.45) is 5.10 Å². The van der Waals surface area contributed by atoms with Crippen LogP contribution in [0.1, 0.15) is 28.8 Å². The van der Waals surface area contributed by atoms with Gasteiger partial charge in [-0.2, -0.15) is 5.10 Å². The summed E-state index contributed by atoms with van der Waals surface area (Å²) in [5.74, 6) is 1.37. The highest BCUT2D eigenvalue weighted by Crippen LogP contribution is 2.23. The molecule has 0 bridgehead atoms. The molecule has 3 aromatic rings. The molecular formula is C21H20N2O5. The van der Waals surface area contributed by atoms with E-state index in [2.05, 4.69) is 10.5 Å². The first-order chi connectivity index (χ1) is 13.6. The largest absolute Gasteiger partial charge is 0.507 e. The first-order valence-electron chi connectivity index (χ1n) is 8.55. The minimum absolute atomic E-state index is 0.00759. The Morgan fingerprint density at radius 3 is 2.61 bits per heavy atom. The normalized spacial score (nSPS) is 11.1. The average molecular weight is 380 g/mol. The number of carbonyl (C=O) groups excluding carboxylic acids is 1. The number of nitrogens with one attached hydrogen (secondary N) is 1. The van der Waals surface area contributed by atoms with Gasteiger partial charge in [-0.1, -0.05) is 18.2 Å². The van der Waals surface area contributed by atoms with Gasteiger partial charge in [0.15, 0.2) is 5.76 Å². The van der Waals surface area contributed by atoms with Gasteiger partial charge in [0, 0.05) is 11.6 Å². The van der Waals surface area contributed by atoms with E-state index in [-0.39, 0.29) is 18.1 Å². The maximum Gasteiger partial charge on any atom is 0.307 e. The van der Waals surface area contributed by atoms with Gasteiger partial charge in [-0.05, 0) is 43.3 Å². The summed E-state index contributed by atoms with van der Waals surface area (Å²) in [5.41, 5.74) is 3.33. The first kappa shape index (κ1) is 19.0. The third-order valence-corrected chi connectivity index (χ3v) is 3.93. The maximum atomic E-state index is 12.2. The Kier molecular flexibility index (Phi) is 5.96. The van der Waals surface area contributed by atoms with Crippen molar-refractivity contribution in [2.45, 2.75) is 13.5 Å². The van der Waals surface area contributed by atoms with Gasteiger partial charge in [-0.3, -0.25) is 4.79 Å². The summed E-state index contributed by atoms with van der Waals surface area (Å²) < 4.78 is 16.1. The van der Waals surface area contributed by atoms with Crippen molar-refractivity contribution in [3.63, 3.8) is 0 Å². The van der Waals surface area contributed by atoms with Gasteiger partial charge < -0.3 is 19.0 Å². The van der Waals surface area contributed by atoms with Gasteiger partial charge in [-0.15, -0.1) is 0 Å². The van der Waals surface area contributed by atoms with Gasteiger partial charge in [0.25, 0.3) is 0 Å². The summed E-state index contributed by atoms with van der Waals surface area (Å²) in [6.07, 6.45) is 0. The van der Waals surface area contributed by atoms with Crippen LogP contribution in [0.2, 0.25) is 0 Å². The minimum Gasteiger partial charge on any atom is -0.507 e. The van der Waals surface area contributed by atoms with Crippen LogP contribution < -0.4 is 14.9 Å². The van der Waals surface area contributed by atoms with E-state index < -0.39 is 5.91 Å². The van der Waals surface area contributed by atoms with E-state index in [1.165, 1.54) is 13.2 Å². The molecule has 0 atom stereocenters. The zero-order valence-electron chi connectivity index (χ0n) is 15.5. The Bertz CT molecular complexity index is 979. The molecule has 0 unspecified atom stereocenters. The molecular weight excluding hydrogens is 360 g/mol. The molecule has 0 saturated carbocycles. The van der Waals surface area contributed by atoms with Gasteiger partial charge >= 0.3 is 5.91 Å². The molecule has 7 heteroatoms. The maximum absolute atomic E-state index is 12.2. The first-order valence-corrected chi connectivity index (χ1v) is 8.55. The summed E-state index contributed by atoms with van der Waals surface area (Å²) in [4.78, 5) is 12.2. The van der Waals surface area contributed by atoms with Crippen LogP contribution in [0.5, 0.6) is 17.2 Å². The van der Waals surface area contributed by atoms with Crippen LogP contribution >= 0.6 is 0 Å². The number of aromatic hydroxyl groups is 1. The molecule has 0 fully saturated rings. The number of phenolic OH excluding ortho intramolecular Hbond substituents is 1. The number of furan rings is 1. The number of benzene rings is 2. The van der Waals surface area contributed by atoms with E-state index in [1.54, 1.807) is 31.2 Å². The van der Waals surface area contributed by atoms with Crippen molar-refractivity contribution in [3.05, 3.63) is 77.7 Å². The predicted molar refractivity (Wildman–Crippen MR) is 104 cm³/mol. The molecule has 2 aromatic carbocycles. The van der Waals surface area contributed by atoms with Crippen LogP contribution in [0, 0.1) is 0 Å². The van der Waals surface area contributed by atoms with Crippen LogP contribution in [-0.2, 0) is 6.61 Å². The van der Waals surface area contributed by atoms with Crippen LogP contribution in [-0.4, -0.2) is 23.8 Å². The van der Waals surface area contributed by atoms with Gasteiger partial charge in [0.2, 0.25) is 0 Å². The zero-order chi connectivity index (χ0) is 19.9. The lowest BCUT2D eigenvalue weighted by Gasteiger charge is -2.06. The Morgan fingerprint density at radius 1 is 1.11 bits per heavy atom. The lowest BCUT2D eigenvalue weighted by molar-refractivity contribution is 0.0923. The molecule has 2 N–H and O–H groups in total. The fourth-order valence-corrected chi connectivity index (χ4v) is 2.44. The summed E-state index contributed by atoms with van der Waals surface area (Å²) in [5, 5.41) is 14.0. The van der Waals surface area contributed by atoms with Crippen molar-refractivity contribution in [1.82, 2.24) is 5.43 Å². The quantitative estimate of drug-likeness (QED) is 0.481. The number of hydrogen-bond donors (Lipinski definition) is 2. The molecule has 144 valence electrons. The van der Waals surface area contributed by atoms with E-state index in [0.717, 1.165) is 0 Å². The number of hydrazone groups is 1. The molecule has 28 heavy (non-hydrogen) atoms. The highest BCUT2D eigenvalue weighted by atomic mass is 16.5. The Labute approximate surface area is 162 Å². The molecule has 0 spiro atoms. The molecule has 3 rings (SSSR count). The molecule has 1 heterocycles. The van der Waals surface area contributed by atoms with Crippen LogP contribution in [0.15, 0.2) is 70.2 Å². The number of phenols is 1. The number of rotatable bonds is 7. The minimum atomic E-state index is -0.502. The second-order valence-corrected chi connectivity index (χ2v) is 5.89. The highest BCUT2D eigenvalue weighted by molar-refractivity contribution is 6.02. The Morgan fingerprint density at radius 2 is 1.89 bits per heavy atom. The molecule has 1 amide bonds. The van der Waals surface area contributed by atoms with Crippen molar-refractivity contribution in [3.8, 4) is 17.2 Å². The summed E-state index contributed by atoms with van der Waals surface area (Å²) in [7, 11) is 1.51. The molecule has 1 aromatic heterocycles. The van der Waals surface area contributed by atoms with Crippen LogP contribution in [0.4, 0.5) is 0 Å². The van der Waals surface area contributed by atoms with E-state index in [4.69, 9.17) is 13.9 Å². The predicted octanol–water partition coefficient (Wildman–Crippen LogP) is 3.73. The van der Waals surface area contributed by atoms with Crippen LogP contribution in [0.3, 0.4) is 0 Å². The fraction of sp³-hybridized carbons (Fsp3) is 0.143. The molecule has 0 aliphatic rings. The summed E-state index contributed by atoms with van der Waals surface area (Å²) in [6, 6.07) is 17.4. The second kappa shape index (κ2) is 8.77. The number of hydrogen-bond acceptors (Lipinski definition) is 6. The SMILES string of the molecule is COc1ccc(/C(C)=N/NC(=O)c2ccc(COc3ccccc3)o2)c(O)c1. The van der Waals surface area contributed by atoms with Gasteiger partial charge in [0.05, 0.1) is 12.8 Å². The van der Waals surface area contributed by atoms with E-state index in [9.17, 15) is 9.90 Å². The van der Waals surface area contributed by atoms with E-state index >= 15 is 0 Å². The molecule has 0 aliphatic carbocycles. The standard InChI is InChI=1S/C21H20N2O5/c1-14(18-10-8-16(26-2)12-19(18)24)22-23-21(25)20-11-9-17(28-20)13-27-15-6-4-3-5-7-15/h3-12,24H,13H2,1-2H3,(H,23,25)/b22-14+. The van der Waals surface area contributed by atoms with Crippen molar-refractivity contribution in [1.29, 1.82) is 0 Å². The second-order valence-electron chi connectivity index (χ2n) is 5.89. The van der Waals surface area contributed by atoms with Crippen molar-refractivity contribution >= 4 is 11.6 Å². The lowest BCUT2D eigenvalue weighted by atomic mass is 10.1. The Hall–Kier alpha value is -3.74. The summed E-state index contributed by atoms with van der Waals surface area (Å²) >= 11 is 0. The number of methoxy groups -OCH3 is 1. The highest BCUT2D eigenvalue weighted by Gasteiger charge is 2.12. The third kappa shape index (κ3) is 4.70. The average Bonchev–Trinajstić information content (AvgIpc) is 3.20. The van der Waals surface area contributed by atoms with E-state index in [0.29, 0.717) is 28.5 Å². The van der Waals surface area contributed by atoms with Gasteiger partial charge in [0.1, 0.15) is 29.6 Å². The number of amides is 1. The van der Waals surface area contributed by atoms with Crippen molar-refractivity contribution < 1.29 is 23.8 Å². The lowest BCUT2D eigenvalue weighted by Crippen LogP contribution is -2.18. The number of para-hydroxylation sites is 1. The van der Waals surface area contributed by atoms with Gasteiger partial charge in [-0.25, -0.2) is 5.43 Å².